The number of rotatable bonds is 5. The van der Waals surface area contributed by atoms with Crippen molar-refractivity contribution in [1.82, 2.24) is 24.9 Å². The zero-order valence-corrected chi connectivity index (χ0v) is 24.6. The number of nitrogens with zero attached hydrogens (tertiary/aromatic N) is 6. The first-order chi connectivity index (χ1) is 20.5. The Morgan fingerprint density at radius 1 is 0.762 bits per heavy atom. The fourth-order valence-corrected chi connectivity index (χ4v) is 8.39. The molecule has 10 nitrogen and oxygen atoms in total. The molecule has 0 amide bonds. The molecule has 5 aliphatic rings. The Balaban J connectivity index is 0.897. The minimum absolute atomic E-state index is 0.120. The lowest BCUT2D eigenvalue weighted by molar-refractivity contribution is -0.143. The summed E-state index contributed by atoms with van der Waals surface area (Å²) in [5.41, 5.74) is 2.52. The molecule has 0 radical (unpaired) electrons. The number of anilines is 2. The summed E-state index contributed by atoms with van der Waals surface area (Å²) in [7, 11) is 0. The maximum atomic E-state index is 11.3. The Bertz CT molecular complexity index is 1250. The number of phenols is 1. The summed E-state index contributed by atoms with van der Waals surface area (Å²) >= 11 is 0. The van der Waals surface area contributed by atoms with Crippen molar-refractivity contribution in [1.29, 1.82) is 0 Å². The number of aliphatic carboxylic acids is 1. The van der Waals surface area contributed by atoms with Gasteiger partial charge in [-0.05, 0) is 95.7 Å². The topological polar surface area (TPSA) is 108 Å². The number of carbonyl (C=O) groups is 1. The van der Waals surface area contributed by atoms with Crippen LogP contribution in [0.2, 0.25) is 0 Å². The van der Waals surface area contributed by atoms with E-state index in [0.29, 0.717) is 35.4 Å². The third kappa shape index (κ3) is 5.56. The zero-order valence-electron chi connectivity index (χ0n) is 24.6. The Morgan fingerprint density at radius 3 is 2.07 bits per heavy atom. The average molecular weight is 576 g/mol. The van der Waals surface area contributed by atoms with Crippen LogP contribution in [-0.2, 0) is 4.79 Å². The van der Waals surface area contributed by atoms with E-state index in [2.05, 4.69) is 41.2 Å². The summed E-state index contributed by atoms with van der Waals surface area (Å²) in [6.07, 6.45) is 8.79. The molecular weight excluding hydrogens is 530 g/mol. The van der Waals surface area contributed by atoms with Crippen molar-refractivity contribution in [3.63, 3.8) is 0 Å². The number of nitrogens with one attached hydrogen (secondary N) is 1. The first-order valence-corrected chi connectivity index (χ1v) is 16.1. The zero-order chi connectivity index (χ0) is 28.6. The maximum Gasteiger partial charge on any atom is 0.306 e. The van der Waals surface area contributed by atoms with Crippen LogP contribution >= 0.6 is 0 Å². The van der Waals surface area contributed by atoms with E-state index >= 15 is 0 Å². The molecule has 0 spiro atoms. The third-order valence-corrected chi connectivity index (χ3v) is 10.9. The number of aromatic hydroxyl groups is 1. The summed E-state index contributed by atoms with van der Waals surface area (Å²) < 4.78 is 0. The number of fused-ring (bicyclic) bond motifs is 3. The Hall–Kier alpha value is -2.95. The highest BCUT2D eigenvalue weighted by atomic mass is 16.4. The predicted octanol–water partition coefficient (Wildman–Crippen LogP) is 3.34. The quantitative estimate of drug-likeness (QED) is 0.491. The van der Waals surface area contributed by atoms with Gasteiger partial charge in [0, 0.05) is 49.9 Å². The van der Waals surface area contributed by atoms with Crippen LogP contribution in [0.3, 0.4) is 0 Å². The van der Waals surface area contributed by atoms with Crippen molar-refractivity contribution in [2.75, 3.05) is 62.6 Å². The lowest BCUT2D eigenvalue weighted by Gasteiger charge is -2.50. The van der Waals surface area contributed by atoms with Gasteiger partial charge in [-0.2, -0.15) is 0 Å². The molecule has 226 valence electrons. The molecule has 4 aliphatic heterocycles. The molecule has 10 heteroatoms. The second-order valence-corrected chi connectivity index (χ2v) is 13.1. The Labute approximate surface area is 248 Å². The van der Waals surface area contributed by atoms with E-state index in [1.54, 1.807) is 6.07 Å². The lowest BCUT2D eigenvalue weighted by atomic mass is 9.84. The summed E-state index contributed by atoms with van der Waals surface area (Å²) in [6, 6.07) is 11.8. The molecule has 42 heavy (non-hydrogen) atoms. The van der Waals surface area contributed by atoms with E-state index < -0.39 is 5.97 Å². The minimum atomic E-state index is -0.604. The third-order valence-electron chi connectivity index (χ3n) is 10.9. The second-order valence-electron chi connectivity index (χ2n) is 13.1. The first-order valence-electron chi connectivity index (χ1n) is 16.1. The van der Waals surface area contributed by atoms with Gasteiger partial charge in [0.15, 0.2) is 5.82 Å². The van der Waals surface area contributed by atoms with E-state index in [1.165, 1.54) is 51.9 Å². The van der Waals surface area contributed by atoms with Crippen LogP contribution in [0.15, 0.2) is 30.3 Å². The van der Waals surface area contributed by atoms with Gasteiger partial charge in [0.1, 0.15) is 5.75 Å². The smallest absolute Gasteiger partial charge is 0.306 e. The predicted molar refractivity (Wildman–Crippen MR) is 163 cm³/mol. The highest BCUT2D eigenvalue weighted by molar-refractivity contribution is 5.76. The number of aromatic nitrogens is 2. The molecule has 1 saturated carbocycles. The van der Waals surface area contributed by atoms with Gasteiger partial charge in [-0.3, -0.25) is 9.69 Å². The number of carboxylic acids is 1. The molecule has 1 atom stereocenters. The van der Waals surface area contributed by atoms with Gasteiger partial charge >= 0.3 is 5.97 Å². The van der Waals surface area contributed by atoms with Gasteiger partial charge in [0.05, 0.1) is 23.3 Å². The average Bonchev–Trinajstić information content (AvgIpc) is 3.04. The number of benzene rings is 1. The van der Waals surface area contributed by atoms with Crippen molar-refractivity contribution in [3.05, 3.63) is 30.3 Å². The molecule has 2 aromatic rings. The van der Waals surface area contributed by atoms with Crippen molar-refractivity contribution in [2.45, 2.75) is 75.5 Å². The second kappa shape index (κ2) is 12.0. The molecule has 4 fully saturated rings. The fraction of sp³-hybridized carbons (Fsp3) is 0.656. The van der Waals surface area contributed by atoms with Crippen molar-refractivity contribution < 1.29 is 15.0 Å². The summed E-state index contributed by atoms with van der Waals surface area (Å²) in [6.45, 7) is 8.73. The van der Waals surface area contributed by atoms with Gasteiger partial charge < -0.3 is 30.2 Å². The minimum Gasteiger partial charge on any atom is -0.507 e. The number of hydrogen-bond donors (Lipinski definition) is 3. The van der Waals surface area contributed by atoms with Crippen LogP contribution in [0.4, 0.5) is 11.5 Å². The molecule has 0 bridgehead atoms. The number of piperidine rings is 2. The molecule has 3 saturated heterocycles. The molecular formula is C32H45N7O3. The largest absolute Gasteiger partial charge is 0.507 e. The van der Waals surface area contributed by atoms with E-state index in [0.717, 1.165) is 63.4 Å². The molecule has 3 N–H and O–H groups in total. The lowest BCUT2D eigenvalue weighted by Crippen LogP contribution is -2.61. The van der Waals surface area contributed by atoms with Crippen LogP contribution in [0.1, 0.15) is 51.4 Å². The molecule has 7 rings (SSSR count). The van der Waals surface area contributed by atoms with Gasteiger partial charge in [-0.25, -0.2) is 0 Å². The highest BCUT2D eigenvalue weighted by Crippen LogP contribution is 2.37. The Kier molecular flexibility index (Phi) is 7.94. The molecule has 1 aromatic carbocycles. The Morgan fingerprint density at radius 2 is 1.40 bits per heavy atom. The van der Waals surface area contributed by atoms with Gasteiger partial charge in [0.25, 0.3) is 0 Å². The van der Waals surface area contributed by atoms with Crippen LogP contribution in [0.5, 0.6) is 5.75 Å². The number of likely N-dealkylation sites (tertiary alicyclic amines) is 2. The number of carboxylic acid groups (broad SMARTS) is 1. The van der Waals surface area contributed by atoms with E-state index in [9.17, 15) is 15.0 Å². The van der Waals surface area contributed by atoms with E-state index in [1.807, 2.05) is 18.2 Å². The van der Waals surface area contributed by atoms with Crippen molar-refractivity contribution >= 4 is 17.5 Å². The maximum absolute atomic E-state index is 11.3. The first kappa shape index (κ1) is 27.9. The number of para-hydroxylation sites is 1. The summed E-state index contributed by atoms with van der Waals surface area (Å²) in [4.78, 5) is 22.0. The van der Waals surface area contributed by atoms with Crippen LogP contribution < -0.4 is 10.2 Å². The molecule has 1 aromatic heterocycles. The molecule has 0 unspecified atom stereocenters. The standard InChI is InChI=1S/C32H45N7O3/c40-30-4-2-1-3-27(30)28-19-29-31(35-34-28)33-20-26-21-38(17-18-39(26)29)25-11-15-37(16-12-25)24-9-13-36(14-10-24)23-7-5-22(6-8-23)32(41)42/h1-4,19,22-26,40H,5-18,20-21H2,(H,33,35)(H,41,42)/t22-,23+,26-/m0/s1. The molecule has 5 heterocycles. The molecule has 1 aliphatic carbocycles. The van der Waals surface area contributed by atoms with E-state index in [4.69, 9.17) is 0 Å². The normalized spacial score (nSPS) is 28.6. The van der Waals surface area contributed by atoms with Gasteiger partial charge in [-0.15, -0.1) is 10.2 Å². The summed E-state index contributed by atoms with van der Waals surface area (Å²) in [5, 5.41) is 32.0. The SMILES string of the molecule is O=C(O)[C@H]1CC[C@@H](N2CCC(N3CCC(N4CCN5c6cc(-c7ccccc7O)nnc6NC[C@H]5C4)CC3)CC2)CC1. The number of piperazine rings is 1. The van der Waals surface area contributed by atoms with E-state index in [-0.39, 0.29) is 11.7 Å². The van der Waals surface area contributed by atoms with Crippen LogP contribution in [0, 0.1) is 5.92 Å². The van der Waals surface area contributed by atoms with Crippen molar-refractivity contribution in [2.24, 2.45) is 5.92 Å². The van der Waals surface area contributed by atoms with Crippen LogP contribution in [0.25, 0.3) is 11.3 Å². The van der Waals surface area contributed by atoms with Crippen LogP contribution in [-0.4, -0.2) is 118 Å². The van der Waals surface area contributed by atoms with Gasteiger partial charge in [0.2, 0.25) is 0 Å². The number of phenolic OH excluding ortho intramolecular Hbond substituents is 1. The monoisotopic (exact) mass is 575 g/mol. The number of hydrogen-bond acceptors (Lipinski definition) is 9. The highest BCUT2D eigenvalue weighted by Gasteiger charge is 2.38. The van der Waals surface area contributed by atoms with Gasteiger partial charge in [-0.1, -0.05) is 12.1 Å². The summed E-state index contributed by atoms with van der Waals surface area (Å²) in [5.74, 6) is 0.345. The fourth-order valence-electron chi connectivity index (χ4n) is 8.39. The van der Waals surface area contributed by atoms with Crippen molar-refractivity contribution in [3.8, 4) is 17.0 Å².